The van der Waals surface area contributed by atoms with Crippen LogP contribution in [-0.2, 0) is 9.47 Å². The summed E-state index contributed by atoms with van der Waals surface area (Å²) in [4.78, 5) is 0. The Labute approximate surface area is 90.0 Å². The van der Waals surface area contributed by atoms with Crippen molar-refractivity contribution in [1.82, 2.24) is 0 Å². The minimum atomic E-state index is -0.927. The summed E-state index contributed by atoms with van der Waals surface area (Å²) >= 11 is 0. The lowest BCUT2D eigenvalue weighted by molar-refractivity contribution is -0.0592. The highest BCUT2D eigenvalue weighted by atomic mass is 28.3. The highest BCUT2D eigenvalue weighted by molar-refractivity contribution is 6.76. The topological polar surface area (TPSA) is 18.5 Å². The first-order valence-electron chi connectivity index (χ1n) is 5.61. The Balaban J connectivity index is 3.14. The van der Waals surface area contributed by atoms with Crippen molar-refractivity contribution in [3.63, 3.8) is 0 Å². The van der Waals surface area contributed by atoms with Crippen LogP contribution in [0.2, 0.25) is 25.7 Å². The van der Waals surface area contributed by atoms with Gasteiger partial charge in [-0.25, -0.2) is 0 Å². The van der Waals surface area contributed by atoms with Crippen LogP contribution in [0.25, 0.3) is 0 Å². The average Bonchev–Trinajstić information content (AvgIpc) is 2.08. The minimum Gasteiger partial charge on any atom is -0.356 e. The van der Waals surface area contributed by atoms with Crippen LogP contribution in [0.3, 0.4) is 0 Å². The van der Waals surface area contributed by atoms with Crippen LogP contribution in [-0.4, -0.2) is 28.1 Å². The molecule has 0 heterocycles. The van der Waals surface area contributed by atoms with Crippen molar-refractivity contribution >= 4 is 8.07 Å². The van der Waals surface area contributed by atoms with Gasteiger partial charge in [-0.2, -0.15) is 0 Å². The van der Waals surface area contributed by atoms with Gasteiger partial charge in [0.2, 0.25) is 0 Å². The van der Waals surface area contributed by atoms with Crippen LogP contribution >= 0.6 is 0 Å². The monoisotopic (exact) mass is 218 g/mol. The van der Waals surface area contributed by atoms with Crippen molar-refractivity contribution in [2.45, 2.75) is 46.0 Å². The zero-order valence-electron chi connectivity index (χ0n) is 10.4. The summed E-state index contributed by atoms with van der Waals surface area (Å²) in [5.74, 6) is 0.649. The Morgan fingerprint density at radius 3 is 2.29 bits per heavy atom. The van der Waals surface area contributed by atoms with Crippen LogP contribution in [0.1, 0.15) is 20.3 Å². The maximum absolute atomic E-state index is 5.42. The molecule has 0 aromatic carbocycles. The van der Waals surface area contributed by atoms with Gasteiger partial charge in [0.15, 0.2) is 0 Å². The van der Waals surface area contributed by atoms with Crippen LogP contribution < -0.4 is 0 Å². The molecule has 0 bridgehead atoms. The molecule has 0 rings (SSSR count). The van der Waals surface area contributed by atoms with Gasteiger partial charge in [0, 0.05) is 14.7 Å². The fourth-order valence-corrected chi connectivity index (χ4v) is 1.62. The summed E-state index contributed by atoms with van der Waals surface area (Å²) in [6.07, 6.45) is 1.18. The first kappa shape index (κ1) is 14.1. The molecule has 0 amide bonds. The zero-order chi connectivity index (χ0) is 11.0. The summed E-state index contributed by atoms with van der Waals surface area (Å²) < 4.78 is 10.8. The summed E-state index contributed by atoms with van der Waals surface area (Å²) in [6.45, 7) is 13.6. The van der Waals surface area contributed by atoms with E-state index in [-0.39, 0.29) is 0 Å². The summed E-state index contributed by atoms with van der Waals surface area (Å²) in [5.41, 5.74) is 0. The Hall–Kier alpha value is 0.137. The summed E-state index contributed by atoms with van der Waals surface area (Å²) in [7, 11) is -0.927. The molecule has 0 spiro atoms. The maximum Gasteiger partial charge on any atom is 0.146 e. The molecule has 3 heteroatoms. The van der Waals surface area contributed by atoms with E-state index >= 15 is 0 Å². The second kappa shape index (κ2) is 7.43. The highest BCUT2D eigenvalue weighted by Gasteiger charge is 2.11. The third kappa shape index (κ3) is 10.2. The number of hydrogen-bond donors (Lipinski definition) is 0. The van der Waals surface area contributed by atoms with Crippen molar-refractivity contribution in [3.8, 4) is 0 Å². The molecule has 0 aromatic rings. The van der Waals surface area contributed by atoms with E-state index in [1.165, 1.54) is 12.5 Å². The lowest BCUT2D eigenvalue weighted by atomic mass is 10.1. The van der Waals surface area contributed by atoms with Crippen LogP contribution in [0.4, 0.5) is 0 Å². The molecular formula is C11H26O2Si. The molecule has 0 aliphatic rings. The molecule has 14 heavy (non-hydrogen) atoms. The fourth-order valence-electron chi connectivity index (χ4n) is 0.863. The van der Waals surface area contributed by atoms with Gasteiger partial charge >= 0.3 is 0 Å². The zero-order valence-corrected chi connectivity index (χ0v) is 11.4. The van der Waals surface area contributed by atoms with Crippen LogP contribution in [0.15, 0.2) is 0 Å². The van der Waals surface area contributed by atoms with Gasteiger partial charge in [-0.15, -0.1) is 0 Å². The first-order chi connectivity index (χ1) is 6.45. The average molecular weight is 218 g/mol. The molecule has 1 atom stereocenters. The Morgan fingerprint density at radius 2 is 1.79 bits per heavy atom. The highest BCUT2D eigenvalue weighted by Crippen LogP contribution is 2.07. The van der Waals surface area contributed by atoms with Gasteiger partial charge in [-0.3, -0.25) is 0 Å². The smallest absolute Gasteiger partial charge is 0.146 e. The minimum absolute atomic E-state index is 0.467. The van der Waals surface area contributed by atoms with E-state index in [1.807, 2.05) is 0 Å². The predicted octanol–water partition coefficient (Wildman–Crippen LogP) is 3.36. The number of hydrogen-bond acceptors (Lipinski definition) is 2. The molecule has 0 aliphatic carbocycles. The Morgan fingerprint density at radius 1 is 1.14 bits per heavy atom. The van der Waals surface area contributed by atoms with E-state index in [4.69, 9.17) is 9.47 Å². The Bertz CT molecular complexity index is 132. The third-order valence-corrected chi connectivity index (χ3v) is 3.97. The molecule has 0 aliphatic heterocycles. The normalized spacial score (nSPS) is 14.4. The molecule has 0 saturated heterocycles. The van der Waals surface area contributed by atoms with Gasteiger partial charge in [-0.1, -0.05) is 39.9 Å². The van der Waals surface area contributed by atoms with Crippen molar-refractivity contribution in [2.75, 3.05) is 20.0 Å². The van der Waals surface area contributed by atoms with Crippen molar-refractivity contribution in [1.29, 1.82) is 0 Å². The molecule has 2 nitrogen and oxygen atoms in total. The van der Waals surface area contributed by atoms with Gasteiger partial charge in [0.1, 0.15) is 6.79 Å². The SMILES string of the molecule is CC[C@H](C)COCOCC[Si](C)(C)C. The van der Waals surface area contributed by atoms with E-state index in [1.54, 1.807) is 0 Å². The van der Waals surface area contributed by atoms with Crippen LogP contribution in [0, 0.1) is 5.92 Å². The van der Waals surface area contributed by atoms with Gasteiger partial charge in [-0.05, 0) is 12.0 Å². The fraction of sp³-hybridized carbons (Fsp3) is 1.00. The van der Waals surface area contributed by atoms with Crippen molar-refractivity contribution < 1.29 is 9.47 Å². The molecule has 0 N–H and O–H groups in total. The second-order valence-electron chi connectivity index (χ2n) is 5.22. The van der Waals surface area contributed by atoms with E-state index in [9.17, 15) is 0 Å². The quantitative estimate of drug-likeness (QED) is 0.353. The Kier molecular flexibility index (Phi) is 7.50. The summed E-state index contributed by atoms with van der Waals surface area (Å²) in [6, 6.07) is 1.22. The molecule has 0 saturated carbocycles. The van der Waals surface area contributed by atoms with Gasteiger partial charge < -0.3 is 9.47 Å². The van der Waals surface area contributed by atoms with Crippen LogP contribution in [0.5, 0.6) is 0 Å². The van der Waals surface area contributed by atoms with Crippen molar-refractivity contribution in [3.05, 3.63) is 0 Å². The number of rotatable bonds is 8. The molecule has 0 unspecified atom stereocenters. The third-order valence-electron chi connectivity index (χ3n) is 2.26. The standard InChI is InChI=1S/C11H26O2Si/c1-6-11(2)9-13-10-12-7-8-14(3,4)5/h11H,6-10H2,1-5H3/t11-/m0/s1. The first-order valence-corrected chi connectivity index (χ1v) is 9.32. The summed E-state index contributed by atoms with van der Waals surface area (Å²) in [5, 5.41) is 0. The molecule has 0 radical (unpaired) electrons. The predicted molar refractivity (Wildman–Crippen MR) is 64.4 cm³/mol. The molecular weight excluding hydrogens is 192 g/mol. The van der Waals surface area contributed by atoms with E-state index in [0.717, 1.165) is 13.2 Å². The lowest BCUT2D eigenvalue weighted by Gasteiger charge is -2.15. The van der Waals surface area contributed by atoms with Gasteiger partial charge in [0.25, 0.3) is 0 Å². The lowest BCUT2D eigenvalue weighted by Crippen LogP contribution is -2.22. The molecule has 0 fully saturated rings. The number of ether oxygens (including phenoxy) is 2. The molecule has 86 valence electrons. The van der Waals surface area contributed by atoms with Crippen molar-refractivity contribution in [2.24, 2.45) is 5.92 Å². The largest absolute Gasteiger partial charge is 0.356 e. The maximum atomic E-state index is 5.42. The van der Waals surface area contributed by atoms with Gasteiger partial charge in [0.05, 0.1) is 6.61 Å². The van der Waals surface area contributed by atoms with E-state index in [2.05, 4.69) is 33.5 Å². The second-order valence-corrected chi connectivity index (χ2v) is 10.8. The molecule has 0 aromatic heterocycles. The van der Waals surface area contributed by atoms with E-state index < -0.39 is 8.07 Å². The van der Waals surface area contributed by atoms with E-state index in [0.29, 0.717) is 12.7 Å².